The summed E-state index contributed by atoms with van der Waals surface area (Å²) < 4.78 is 54.9. The van der Waals surface area contributed by atoms with Crippen molar-refractivity contribution in [1.29, 1.82) is 0 Å². The van der Waals surface area contributed by atoms with Gasteiger partial charge in [0, 0.05) is 5.56 Å². The third-order valence-corrected chi connectivity index (χ3v) is 6.19. The van der Waals surface area contributed by atoms with Crippen LogP contribution in [0.1, 0.15) is 49.7 Å². The number of benzene rings is 3. The molecule has 0 spiro atoms. The van der Waals surface area contributed by atoms with Crippen LogP contribution < -0.4 is 4.74 Å². The van der Waals surface area contributed by atoms with Gasteiger partial charge in [0.05, 0.1) is 19.3 Å². The molecule has 0 atom stereocenters. The van der Waals surface area contributed by atoms with E-state index in [4.69, 9.17) is 9.47 Å². The van der Waals surface area contributed by atoms with Gasteiger partial charge in [-0.25, -0.2) is 13.2 Å². The second kappa shape index (κ2) is 10.3. The van der Waals surface area contributed by atoms with Gasteiger partial charge in [-0.1, -0.05) is 30.3 Å². The van der Waals surface area contributed by atoms with Gasteiger partial charge in [0.1, 0.15) is 5.75 Å². The fourth-order valence-corrected chi connectivity index (χ4v) is 4.40. The largest absolute Gasteiger partial charge is 0.508 e. The number of ether oxygens (including phenoxy) is 2. The number of rotatable bonds is 7. The van der Waals surface area contributed by atoms with Crippen molar-refractivity contribution in [1.82, 2.24) is 0 Å². The van der Waals surface area contributed by atoms with E-state index >= 15 is 0 Å². The number of aromatic hydroxyl groups is 1. The van der Waals surface area contributed by atoms with Crippen LogP contribution >= 0.6 is 0 Å². The van der Waals surface area contributed by atoms with Crippen LogP contribution in [-0.4, -0.2) is 17.8 Å². The van der Waals surface area contributed by atoms with Gasteiger partial charge in [-0.2, -0.15) is 0 Å². The second-order valence-corrected chi connectivity index (χ2v) is 8.36. The minimum absolute atomic E-state index is 0.0000530. The normalized spacial score (nSPS) is 18.3. The Kier molecular flexibility index (Phi) is 7.23. The van der Waals surface area contributed by atoms with Crippen molar-refractivity contribution in [2.24, 2.45) is 0 Å². The molecule has 3 aromatic rings. The van der Waals surface area contributed by atoms with Crippen LogP contribution in [0.25, 0.3) is 11.1 Å². The molecule has 174 valence electrons. The van der Waals surface area contributed by atoms with E-state index in [0.717, 1.165) is 18.4 Å². The quantitative estimate of drug-likeness (QED) is 0.411. The van der Waals surface area contributed by atoms with Crippen molar-refractivity contribution < 1.29 is 27.8 Å². The van der Waals surface area contributed by atoms with Gasteiger partial charge in [0.2, 0.25) is 0 Å². The van der Waals surface area contributed by atoms with Gasteiger partial charge in [-0.05, 0) is 79.5 Å². The Balaban J connectivity index is 1.35. The summed E-state index contributed by atoms with van der Waals surface area (Å²) in [6.07, 6.45) is 2.84. The predicted octanol–water partition coefficient (Wildman–Crippen LogP) is 7.12. The van der Waals surface area contributed by atoms with E-state index in [-0.39, 0.29) is 29.1 Å². The van der Waals surface area contributed by atoms with Crippen LogP contribution in [0.2, 0.25) is 0 Å². The molecule has 0 saturated heterocycles. The lowest BCUT2D eigenvalue weighted by Gasteiger charge is -2.29. The molecule has 0 bridgehead atoms. The number of halogens is 3. The zero-order valence-corrected chi connectivity index (χ0v) is 18.5. The minimum atomic E-state index is -0.867. The number of phenolic OH excluding ortho intramolecular Hbond substituents is 1. The molecular formula is C27H27F3O3. The van der Waals surface area contributed by atoms with Crippen LogP contribution in [0.4, 0.5) is 13.2 Å². The highest BCUT2D eigenvalue weighted by atomic mass is 19.2. The standard InChI is InChI=1S/C27H27F3O3/c1-2-32-25-14-3-17(15-24(25)28)16-33-21-10-6-19(7-11-21)23-13-12-22(26(29)27(23)30)18-4-8-20(31)9-5-18/h3-5,8-9,12-15,19,21,31H,2,6-7,10-11,16H2,1H3. The van der Waals surface area contributed by atoms with Crippen LogP contribution in [0.5, 0.6) is 11.5 Å². The van der Waals surface area contributed by atoms with Crippen LogP contribution in [0.3, 0.4) is 0 Å². The van der Waals surface area contributed by atoms with Crippen molar-refractivity contribution in [2.75, 3.05) is 6.61 Å². The van der Waals surface area contributed by atoms with Crippen LogP contribution in [0, 0.1) is 17.5 Å². The topological polar surface area (TPSA) is 38.7 Å². The summed E-state index contributed by atoms with van der Waals surface area (Å²) in [7, 11) is 0. The molecule has 1 aliphatic carbocycles. The lowest BCUT2D eigenvalue weighted by Crippen LogP contribution is -2.21. The summed E-state index contributed by atoms with van der Waals surface area (Å²) in [4.78, 5) is 0. The Morgan fingerprint density at radius 2 is 1.61 bits per heavy atom. The molecule has 33 heavy (non-hydrogen) atoms. The Bertz CT molecular complexity index is 1090. The molecule has 1 fully saturated rings. The second-order valence-electron chi connectivity index (χ2n) is 8.36. The van der Waals surface area contributed by atoms with Gasteiger partial charge >= 0.3 is 0 Å². The summed E-state index contributed by atoms with van der Waals surface area (Å²) >= 11 is 0. The first-order valence-electron chi connectivity index (χ1n) is 11.3. The zero-order chi connectivity index (χ0) is 23.4. The number of phenols is 1. The average Bonchev–Trinajstić information content (AvgIpc) is 2.82. The van der Waals surface area contributed by atoms with Crippen molar-refractivity contribution in [2.45, 2.75) is 51.2 Å². The van der Waals surface area contributed by atoms with E-state index in [1.54, 1.807) is 43.3 Å². The number of hydrogen-bond donors (Lipinski definition) is 1. The first kappa shape index (κ1) is 23.2. The van der Waals surface area contributed by atoms with E-state index in [2.05, 4.69) is 0 Å². The van der Waals surface area contributed by atoms with Gasteiger partial charge in [0.15, 0.2) is 23.2 Å². The Hall–Kier alpha value is -2.99. The summed E-state index contributed by atoms with van der Waals surface area (Å²) in [6, 6.07) is 14.1. The molecule has 0 heterocycles. The van der Waals surface area contributed by atoms with Gasteiger partial charge < -0.3 is 14.6 Å². The smallest absolute Gasteiger partial charge is 0.166 e. The maximum Gasteiger partial charge on any atom is 0.166 e. The fourth-order valence-electron chi connectivity index (χ4n) is 4.40. The van der Waals surface area contributed by atoms with Crippen molar-refractivity contribution in [3.8, 4) is 22.6 Å². The molecule has 0 unspecified atom stereocenters. The van der Waals surface area contributed by atoms with Gasteiger partial charge in [-0.3, -0.25) is 0 Å². The first-order chi connectivity index (χ1) is 16.0. The van der Waals surface area contributed by atoms with E-state index in [1.807, 2.05) is 0 Å². The molecule has 0 amide bonds. The van der Waals surface area contributed by atoms with Crippen molar-refractivity contribution >= 4 is 0 Å². The zero-order valence-electron chi connectivity index (χ0n) is 18.5. The summed E-state index contributed by atoms with van der Waals surface area (Å²) in [5.74, 6) is -1.86. The summed E-state index contributed by atoms with van der Waals surface area (Å²) in [6.45, 7) is 2.50. The summed E-state index contributed by atoms with van der Waals surface area (Å²) in [5, 5.41) is 9.41. The van der Waals surface area contributed by atoms with Crippen LogP contribution in [0.15, 0.2) is 54.6 Å². The van der Waals surface area contributed by atoms with Gasteiger partial charge in [-0.15, -0.1) is 0 Å². The lowest BCUT2D eigenvalue weighted by molar-refractivity contribution is 0.0130. The highest BCUT2D eigenvalue weighted by Gasteiger charge is 2.27. The molecular weight excluding hydrogens is 429 g/mol. The van der Waals surface area contributed by atoms with E-state index < -0.39 is 17.5 Å². The predicted molar refractivity (Wildman–Crippen MR) is 121 cm³/mol. The van der Waals surface area contributed by atoms with Crippen LogP contribution in [-0.2, 0) is 11.3 Å². The monoisotopic (exact) mass is 456 g/mol. The van der Waals surface area contributed by atoms with E-state index in [9.17, 15) is 18.3 Å². The molecule has 0 aliphatic heterocycles. The molecule has 1 aliphatic rings. The highest BCUT2D eigenvalue weighted by Crippen LogP contribution is 2.38. The Labute approximate surface area is 191 Å². The third kappa shape index (κ3) is 5.33. The maximum absolute atomic E-state index is 14.9. The minimum Gasteiger partial charge on any atom is -0.508 e. The van der Waals surface area contributed by atoms with E-state index in [1.165, 1.54) is 18.2 Å². The van der Waals surface area contributed by atoms with E-state index in [0.29, 0.717) is 37.2 Å². The molecule has 6 heteroatoms. The first-order valence-corrected chi connectivity index (χ1v) is 11.3. The molecule has 0 aromatic heterocycles. The fraction of sp³-hybridized carbons (Fsp3) is 0.333. The Morgan fingerprint density at radius 3 is 2.27 bits per heavy atom. The molecule has 4 rings (SSSR count). The summed E-state index contributed by atoms with van der Waals surface area (Å²) in [5.41, 5.74) is 1.81. The molecule has 1 saturated carbocycles. The van der Waals surface area contributed by atoms with Gasteiger partial charge in [0.25, 0.3) is 0 Å². The van der Waals surface area contributed by atoms with Crippen molar-refractivity contribution in [3.05, 3.63) is 83.2 Å². The highest BCUT2D eigenvalue weighted by molar-refractivity contribution is 5.65. The average molecular weight is 457 g/mol. The molecule has 1 N–H and O–H groups in total. The number of hydrogen-bond acceptors (Lipinski definition) is 3. The maximum atomic E-state index is 14.9. The molecule has 3 aromatic carbocycles. The Morgan fingerprint density at radius 1 is 0.879 bits per heavy atom. The molecule has 3 nitrogen and oxygen atoms in total. The lowest BCUT2D eigenvalue weighted by atomic mass is 9.82. The van der Waals surface area contributed by atoms with Crippen molar-refractivity contribution in [3.63, 3.8) is 0 Å². The molecule has 0 radical (unpaired) electrons. The SMILES string of the molecule is CCOc1ccc(COC2CCC(c3ccc(-c4ccc(O)cc4)c(F)c3F)CC2)cc1F. The third-order valence-electron chi connectivity index (χ3n) is 6.19.